The molecule has 0 aliphatic heterocycles. The van der Waals surface area contributed by atoms with Crippen molar-refractivity contribution in [2.75, 3.05) is 5.32 Å². The quantitative estimate of drug-likeness (QED) is 0.113. The number of carbonyl (C=O) groups is 2. The monoisotopic (exact) mass is 681 g/mol. The number of carboxylic acids is 1. The minimum atomic E-state index is -1.43. The van der Waals surface area contributed by atoms with Gasteiger partial charge in [0.15, 0.2) is 0 Å². The maximum atomic E-state index is 14.4. The molecule has 10 heteroatoms. The van der Waals surface area contributed by atoms with Gasteiger partial charge < -0.3 is 34.7 Å². The van der Waals surface area contributed by atoms with Gasteiger partial charge in [-0.15, -0.1) is 0 Å². The number of carbonyl (C=O) groups excluding carboxylic acids is 2. The zero-order chi connectivity index (χ0) is 35.8. The molecule has 1 amide bonds. The van der Waals surface area contributed by atoms with E-state index in [1.165, 1.54) is 24.3 Å². The summed E-state index contributed by atoms with van der Waals surface area (Å²) in [6.07, 6.45) is -2.85. The predicted octanol–water partition coefficient (Wildman–Crippen LogP) is 6.70. The maximum Gasteiger partial charge on any atom is 0.272 e. The van der Waals surface area contributed by atoms with Crippen molar-refractivity contribution in [3.05, 3.63) is 132 Å². The van der Waals surface area contributed by atoms with Crippen molar-refractivity contribution >= 4 is 17.6 Å². The molecule has 260 valence electrons. The first-order valence-electron chi connectivity index (χ1n) is 16.4. The van der Waals surface area contributed by atoms with Gasteiger partial charge in [-0.2, -0.15) is 0 Å². The largest absolute Gasteiger partial charge is 0.550 e. The molecule has 5 rings (SSSR count). The second kappa shape index (κ2) is 16.4. The summed E-state index contributed by atoms with van der Waals surface area (Å²) in [5.74, 6) is -2.16. The Morgan fingerprint density at radius 3 is 1.94 bits per heavy atom. The Bertz CT molecular complexity index is 1890. The van der Waals surface area contributed by atoms with Crippen molar-refractivity contribution in [2.45, 2.75) is 64.4 Å². The summed E-state index contributed by atoms with van der Waals surface area (Å²) in [4.78, 5) is 25.3. The molecule has 1 aromatic heterocycles. The van der Waals surface area contributed by atoms with Crippen molar-refractivity contribution in [3.63, 3.8) is 0 Å². The Hall–Kier alpha value is -5.32. The molecular weight excluding hydrogens is 642 g/mol. The van der Waals surface area contributed by atoms with E-state index >= 15 is 0 Å². The van der Waals surface area contributed by atoms with Gasteiger partial charge in [0.1, 0.15) is 29.7 Å². The number of hydrogen-bond acceptors (Lipinski definition) is 6. The Morgan fingerprint density at radius 1 is 0.800 bits per heavy atom. The summed E-state index contributed by atoms with van der Waals surface area (Å²) in [5.41, 5.74) is 4.68. The molecular formula is C40H39F2N2O6-. The Kier molecular flexibility index (Phi) is 11.8. The third-order valence-electron chi connectivity index (χ3n) is 8.33. The van der Waals surface area contributed by atoms with Crippen LogP contribution in [0.15, 0.2) is 103 Å². The molecule has 3 N–H and O–H groups in total. The first-order chi connectivity index (χ1) is 24.0. The summed E-state index contributed by atoms with van der Waals surface area (Å²) >= 11 is 0. The molecule has 0 aliphatic carbocycles. The minimum absolute atomic E-state index is 0.114. The minimum Gasteiger partial charge on any atom is -0.550 e. The van der Waals surface area contributed by atoms with Crippen LogP contribution >= 0.6 is 0 Å². The number of hydrogen-bond donors (Lipinski definition) is 3. The fraction of sp³-hybridized carbons (Fsp3) is 0.250. The van der Waals surface area contributed by atoms with Crippen molar-refractivity contribution in [1.82, 2.24) is 4.57 Å². The summed E-state index contributed by atoms with van der Waals surface area (Å²) in [7, 11) is 0. The lowest BCUT2D eigenvalue weighted by Crippen LogP contribution is -2.29. The fourth-order valence-corrected chi connectivity index (χ4v) is 6.08. The molecule has 1 heterocycles. The molecule has 0 radical (unpaired) electrons. The molecule has 8 nitrogen and oxygen atoms in total. The number of ether oxygens (including phenoxy) is 1. The van der Waals surface area contributed by atoms with Gasteiger partial charge >= 0.3 is 0 Å². The van der Waals surface area contributed by atoms with E-state index in [0.717, 1.165) is 5.56 Å². The van der Waals surface area contributed by atoms with E-state index in [0.29, 0.717) is 46.0 Å². The molecule has 0 spiro atoms. The number of carboxylic acid groups (broad SMARTS) is 1. The van der Waals surface area contributed by atoms with Gasteiger partial charge in [-0.05, 0) is 98.3 Å². The van der Waals surface area contributed by atoms with Crippen LogP contribution in [-0.4, -0.2) is 38.9 Å². The number of aliphatic hydroxyl groups is 2. The highest BCUT2D eigenvalue weighted by atomic mass is 19.1. The zero-order valence-corrected chi connectivity index (χ0v) is 27.8. The topological polar surface area (TPSA) is 124 Å². The van der Waals surface area contributed by atoms with Crippen LogP contribution in [0.2, 0.25) is 0 Å². The Morgan fingerprint density at radius 2 is 1.38 bits per heavy atom. The summed E-state index contributed by atoms with van der Waals surface area (Å²) in [5, 5.41) is 34.9. The summed E-state index contributed by atoms with van der Waals surface area (Å²) in [6.45, 7) is 4.19. The number of nitrogens with one attached hydrogen (secondary N) is 1. The van der Waals surface area contributed by atoms with Gasteiger partial charge in [0.05, 0.1) is 12.2 Å². The number of halogens is 2. The highest BCUT2D eigenvalue weighted by Gasteiger charge is 2.30. The Labute approximate surface area is 289 Å². The summed E-state index contributed by atoms with van der Waals surface area (Å²) in [6, 6.07) is 28.0. The van der Waals surface area contributed by atoms with Crippen LogP contribution in [0.25, 0.3) is 22.3 Å². The van der Waals surface area contributed by atoms with Gasteiger partial charge in [-0.1, -0.05) is 54.6 Å². The van der Waals surface area contributed by atoms with Gasteiger partial charge in [0, 0.05) is 40.9 Å². The molecule has 0 unspecified atom stereocenters. The lowest BCUT2D eigenvalue weighted by atomic mass is 9.92. The second-order valence-corrected chi connectivity index (χ2v) is 12.4. The van der Waals surface area contributed by atoms with Gasteiger partial charge in [0.2, 0.25) is 0 Å². The van der Waals surface area contributed by atoms with Crippen LogP contribution < -0.4 is 15.2 Å². The number of rotatable bonds is 15. The lowest BCUT2D eigenvalue weighted by molar-refractivity contribution is -0.307. The average Bonchev–Trinajstić information content (AvgIpc) is 3.43. The van der Waals surface area contributed by atoms with Crippen LogP contribution in [0.3, 0.4) is 0 Å². The maximum absolute atomic E-state index is 14.4. The molecule has 5 aromatic rings. The number of benzene rings is 4. The normalized spacial score (nSPS) is 12.5. The third kappa shape index (κ3) is 9.02. The van der Waals surface area contributed by atoms with Crippen LogP contribution in [0.4, 0.5) is 14.5 Å². The van der Waals surface area contributed by atoms with Crippen molar-refractivity contribution in [1.29, 1.82) is 0 Å². The molecule has 0 saturated carbocycles. The number of aliphatic hydroxyl groups excluding tert-OH is 2. The van der Waals surface area contributed by atoms with E-state index in [9.17, 15) is 33.7 Å². The van der Waals surface area contributed by atoms with Gasteiger partial charge in [-0.25, -0.2) is 8.78 Å². The zero-order valence-electron chi connectivity index (χ0n) is 27.8. The first-order valence-corrected chi connectivity index (χ1v) is 16.4. The van der Waals surface area contributed by atoms with E-state index < -0.39 is 42.1 Å². The van der Waals surface area contributed by atoms with Gasteiger partial charge in [-0.3, -0.25) is 4.79 Å². The van der Waals surface area contributed by atoms with E-state index in [1.54, 1.807) is 48.5 Å². The smallest absolute Gasteiger partial charge is 0.272 e. The SMILES string of the molecule is CC(C)n1c(CC[C@@H](O)C[C@@H](O)CC(=O)[O-])c(-c2ccc(F)cc2)c(-c2ccc(F)cc2)c1C(=O)Nc1ccc(OCc2ccccc2)cc1. The van der Waals surface area contributed by atoms with Gasteiger partial charge in [0.25, 0.3) is 5.91 Å². The number of nitrogens with zero attached hydrogens (tertiary/aromatic N) is 1. The summed E-state index contributed by atoms with van der Waals surface area (Å²) < 4.78 is 36.1. The van der Waals surface area contributed by atoms with E-state index in [2.05, 4.69) is 5.32 Å². The highest BCUT2D eigenvalue weighted by Crippen LogP contribution is 2.43. The molecule has 2 atom stereocenters. The molecule has 4 aromatic carbocycles. The van der Waals surface area contributed by atoms with Crippen LogP contribution in [-0.2, 0) is 17.8 Å². The van der Waals surface area contributed by atoms with E-state index in [-0.39, 0.29) is 31.0 Å². The number of anilines is 1. The number of amides is 1. The molecule has 0 bridgehead atoms. The highest BCUT2D eigenvalue weighted by molar-refractivity contribution is 6.11. The van der Waals surface area contributed by atoms with Crippen LogP contribution in [0.5, 0.6) is 5.75 Å². The molecule has 0 fully saturated rings. The molecule has 50 heavy (non-hydrogen) atoms. The van der Waals surface area contributed by atoms with Crippen LogP contribution in [0, 0.1) is 11.6 Å². The molecule has 0 saturated heterocycles. The van der Waals surface area contributed by atoms with Crippen molar-refractivity contribution in [2.24, 2.45) is 0 Å². The van der Waals surface area contributed by atoms with E-state index in [1.807, 2.05) is 48.7 Å². The number of aliphatic carboxylic acids is 1. The van der Waals surface area contributed by atoms with Crippen LogP contribution in [0.1, 0.15) is 60.9 Å². The van der Waals surface area contributed by atoms with Crippen molar-refractivity contribution < 1.29 is 38.4 Å². The third-order valence-corrected chi connectivity index (χ3v) is 8.33. The standard InChI is InChI=1S/C40H40F2N2O6/c1-25(2)44-35(21-18-32(45)22-33(46)23-36(47)48)37(27-8-12-29(41)13-9-27)38(28-10-14-30(42)15-11-28)39(44)40(49)43-31-16-19-34(20-17-31)50-24-26-6-4-3-5-7-26/h3-17,19-20,25,32-33,45-46H,18,21-24H2,1-2H3,(H,43,49)(H,47,48)/p-1/t32-,33-/m1/s1. The second-order valence-electron chi connectivity index (χ2n) is 12.4. The van der Waals surface area contributed by atoms with E-state index in [4.69, 9.17) is 4.74 Å². The molecule has 0 aliphatic rings. The fourth-order valence-electron chi connectivity index (χ4n) is 6.08. The average molecular weight is 682 g/mol. The lowest BCUT2D eigenvalue weighted by Gasteiger charge is -2.20. The first kappa shape index (κ1) is 36.0. The van der Waals surface area contributed by atoms with Crippen molar-refractivity contribution in [3.8, 4) is 28.0 Å². The predicted molar refractivity (Wildman–Crippen MR) is 185 cm³/mol. The number of aromatic nitrogens is 1. The Balaban J connectivity index is 1.56.